The van der Waals surface area contributed by atoms with Crippen molar-refractivity contribution < 1.29 is 9.84 Å². The monoisotopic (exact) mass is 206 g/mol. The Morgan fingerprint density at radius 1 is 1.47 bits per heavy atom. The summed E-state index contributed by atoms with van der Waals surface area (Å²) in [6, 6.07) is 8.24. The molecule has 1 N–H and O–H groups in total. The number of rotatable bonds is 3. The van der Waals surface area contributed by atoms with E-state index in [-0.39, 0.29) is 6.10 Å². The molecule has 1 heterocycles. The Balaban J connectivity index is 1.99. The lowest BCUT2D eigenvalue weighted by Gasteiger charge is -2.17. The lowest BCUT2D eigenvalue weighted by atomic mass is 9.94. The van der Waals surface area contributed by atoms with Gasteiger partial charge in [0.05, 0.1) is 12.7 Å². The van der Waals surface area contributed by atoms with Crippen LogP contribution in [0.4, 0.5) is 0 Å². The van der Waals surface area contributed by atoms with Gasteiger partial charge in [-0.15, -0.1) is 0 Å². The van der Waals surface area contributed by atoms with Crippen molar-refractivity contribution in [3.63, 3.8) is 0 Å². The van der Waals surface area contributed by atoms with Crippen LogP contribution in [0.25, 0.3) is 0 Å². The van der Waals surface area contributed by atoms with Gasteiger partial charge in [0.1, 0.15) is 0 Å². The van der Waals surface area contributed by atoms with Gasteiger partial charge in [0, 0.05) is 12.5 Å². The highest BCUT2D eigenvalue weighted by atomic mass is 16.5. The summed E-state index contributed by atoms with van der Waals surface area (Å²) in [6.45, 7) is 3.61. The number of ether oxygens (including phenoxy) is 1. The quantitative estimate of drug-likeness (QED) is 0.819. The van der Waals surface area contributed by atoms with Crippen molar-refractivity contribution >= 4 is 0 Å². The maximum atomic E-state index is 10.0. The van der Waals surface area contributed by atoms with E-state index in [1.165, 1.54) is 11.1 Å². The molecule has 0 radical (unpaired) electrons. The van der Waals surface area contributed by atoms with Gasteiger partial charge >= 0.3 is 0 Å². The number of hydrogen-bond donors (Lipinski definition) is 1. The Bertz CT molecular complexity index is 316. The fourth-order valence-electron chi connectivity index (χ4n) is 2.09. The van der Waals surface area contributed by atoms with Gasteiger partial charge in [-0.05, 0) is 30.9 Å². The Kier molecular flexibility index (Phi) is 3.39. The largest absolute Gasteiger partial charge is 0.392 e. The molecule has 0 amide bonds. The second-order valence-electron chi connectivity index (χ2n) is 4.32. The summed E-state index contributed by atoms with van der Waals surface area (Å²) in [5.74, 6) is 0.324. The second-order valence-corrected chi connectivity index (χ2v) is 4.32. The second kappa shape index (κ2) is 4.77. The van der Waals surface area contributed by atoms with E-state index in [2.05, 4.69) is 19.1 Å². The molecular weight excluding hydrogens is 188 g/mol. The molecule has 2 heteroatoms. The zero-order valence-corrected chi connectivity index (χ0v) is 9.15. The summed E-state index contributed by atoms with van der Waals surface area (Å²) < 4.78 is 5.29. The molecule has 15 heavy (non-hydrogen) atoms. The van der Waals surface area contributed by atoms with Crippen molar-refractivity contribution in [3.8, 4) is 0 Å². The molecule has 2 unspecified atom stereocenters. The zero-order valence-electron chi connectivity index (χ0n) is 9.15. The molecule has 2 nitrogen and oxygen atoms in total. The van der Waals surface area contributed by atoms with Gasteiger partial charge in [0.2, 0.25) is 0 Å². The first-order chi connectivity index (χ1) is 7.27. The first-order valence-corrected chi connectivity index (χ1v) is 5.57. The molecule has 1 aliphatic heterocycles. The molecule has 0 spiro atoms. The van der Waals surface area contributed by atoms with Crippen LogP contribution in [0.5, 0.6) is 0 Å². The van der Waals surface area contributed by atoms with E-state index in [0.29, 0.717) is 12.5 Å². The standard InChI is InChI=1S/C13H18O2/c1-10-4-2-3-5-11(10)8-13(14)12-6-7-15-9-12/h2-5,12-14H,6-9H2,1H3. The van der Waals surface area contributed by atoms with Gasteiger partial charge in [0.25, 0.3) is 0 Å². The molecule has 1 aliphatic rings. The van der Waals surface area contributed by atoms with E-state index in [1.807, 2.05) is 12.1 Å². The minimum atomic E-state index is -0.256. The minimum Gasteiger partial charge on any atom is -0.392 e. The van der Waals surface area contributed by atoms with Crippen molar-refractivity contribution in [1.82, 2.24) is 0 Å². The predicted molar refractivity (Wildman–Crippen MR) is 59.8 cm³/mol. The van der Waals surface area contributed by atoms with Crippen LogP contribution in [-0.4, -0.2) is 24.4 Å². The van der Waals surface area contributed by atoms with Crippen LogP contribution < -0.4 is 0 Å². The first kappa shape index (κ1) is 10.7. The molecule has 82 valence electrons. The van der Waals surface area contributed by atoms with Gasteiger partial charge in [-0.2, -0.15) is 0 Å². The van der Waals surface area contributed by atoms with E-state index in [4.69, 9.17) is 4.74 Å². The summed E-state index contributed by atoms with van der Waals surface area (Å²) in [5, 5.41) is 10.0. The summed E-state index contributed by atoms with van der Waals surface area (Å²) in [5.41, 5.74) is 2.51. The lowest BCUT2D eigenvalue weighted by molar-refractivity contribution is 0.0917. The van der Waals surface area contributed by atoms with E-state index in [1.54, 1.807) is 0 Å². The molecule has 2 atom stereocenters. The van der Waals surface area contributed by atoms with Crippen LogP contribution in [0.2, 0.25) is 0 Å². The Morgan fingerprint density at radius 3 is 2.93 bits per heavy atom. The van der Waals surface area contributed by atoms with Crippen molar-refractivity contribution in [2.75, 3.05) is 13.2 Å². The van der Waals surface area contributed by atoms with Gasteiger partial charge in [-0.1, -0.05) is 24.3 Å². The lowest BCUT2D eigenvalue weighted by Crippen LogP contribution is -2.23. The molecule has 0 saturated carbocycles. The first-order valence-electron chi connectivity index (χ1n) is 5.57. The molecular formula is C13H18O2. The van der Waals surface area contributed by atoms with Crippen molar-refractivity contribution in [3.05, 3.63) is 35.4 Å². The van der Waals surface area contributed by atoms with E-state index < -0.39 is 0 Å². The van der Waals surface area contributed by atoms with Crippen LogP contribution >= 0.6 is 0 Å². The maximum Gasteiger partial charge on any atom is 0.0631 e. The van der Waals surface area contributed by atoms with Crippen LogP contribution in [-0.2, 0) is 11.2 Å². The van der Waals surface area contributed by atoms with E-state index in [9.17, 15) is 5.11 Å². The average molecular weight is 206 g/mol. The number of aliphatic hydroxyl groups excluding tert-OH is 1. The zero-order chi connectivity index (χ0) is 10.7. The third kappa shape index (κ3) is 2.58. The Labute approximate surface area is 90.9 Å². The van der Waals surface area contributed by atoms with Crippen LogP contribution in [0.1, 0.15) is 17.5 Å². The maximum absolute atomic E-state index is 10.0. The molecule has 1 fully saturated rings. The highest BCUT2D eigenvalue weighted by molar-refractivity contribution is 5.26. The summed E-state index contributed by atoms with van der Waals surface area (Å²) in [6.07, 6.45) is 1.49. The summed E-state index contributed by atoms with van der Waals surface area (Å²) >= 11 is 0. The number of aliphatic hydroxyl groups is 1. The molecule has 0 aliphatic carbocycles. The fraction of sp³-hybridized carbons (Fsp3) is 0.538. The van der Waals surface area contributed by atoms with Crippen molar-refractivity contribution in [1.29, 1.82) is 0 Å². The smallest absolute Gasteiger partial charge is 0.0631 e. The van der Waals surface area contributed by atoms with Gasteiger partial charge in [-0.25, -0.2) is 0 Å². The third-order valence-electron chi connectivity index (χ3n) is 3.20. The van der Waals surface area contributed by atoms with Crippen LogP contribution in [0.3, 0.4) is 0 Å². The number of hydrogen-bond acceptors (Lipinski definition) is 2. The molecule has 2 rings (SSSR count). The normalized spacial score (nSPS) is 22.9. The van der Waals surface area contributed by atoms with Crippen LogP contribution in [0.15, 0.2) is 24.3 Å². The van der Waals surface area contributed by atoms with E-state index in [0.717, 1.165) is 19.4 Å². The predicted octanol–water partition coefficient (Wildman–Crippen LogP) is 1.93. The highest BCUT2D eigenvalue weighted by Crippen LogP contribution is 2.20. The van der Waals surface area contributed by atoms with Crippen molar-refractivity contribution in [2.24, 2.45) is 5.92 Å². The number of aryl methyl sites for hydroxylation is 1. The van der Waals surface area contributed by atoms with Crippen LogP contribution in [0, 0.1) is 12.8 Å². The fourth-order valence-corrected chi connectivity index (χ4v) is 2.09. The topological polar surface area (TPSA) is 29.5 Å². The third-order valence-corrected chi connectivity index (χ3v) is 3.20. The van der Waals surface area contributed by atoms with Crippen molar-refractivity contribution in [2.45, 2.75) is 25.9 Å². The molecule has 1 aromatic rings. The molecule has 1 aromatic carbocycles. The molecule has 1 saturated heterocycles. The summed E-state index contributed by atoms with van der Waals surface area (Å²) in [7, 11) is 0. The van der Waals surface area contributed by atoms with Gasteiger partial charge in [-0.3, -0.25) is 0 Å². The minimum absolute atomic E-state index is 0.256. The van der Waals surface area contributed by atoms with E-state index >= 15 is 0 Å². The van der Waals surface area contributed by atoms with Gasteiger partial charge < -0.3 is 9.84 Å². The van der Waals surface area contributed by atoms with Gasteiger partial charge in [0.15, 0.2) is 0 Å². The molecule has 0 aromatic heterocycles. The Morgan fingerprint density at radius 2 is 2.27 bits per heavy atom. The molecule has 0 bridgehead atoms. The summed E-state index contributed by atoms with van der Waals surface area (Å²) in [4.78, 5) is 0. The SMILES string of the molecule is Cc1ccccc1CC(O)C1CCOC1. The average Bonchev–Trinajstić information content (AvgIpc) is 2.74. The highest BCUT2D eigenvalue weighted by Gasteiger charge is 2.24. The number of benzene rings is 1. The Hall–Kier alpha value is -0.860.